The summed E-state index contributed by atoms with van der Waals surface area (Å²) in [6, 6.07) is 0. The first-order valence-electron chi connectivity index (χ1n) is 3.24. The Morgan fingerprint density at radius 2 is 2.50 bits per heavy atom. The predicted octanol–water partition coefficient (Wildman–Crippen LogP) is 0.394. The van der Waals surface area contributed by atoms with Gasteiger partial charge in [0.1, 0.15) is 12.5 Å². The van der Waals surface area contributed by atoms with Gasteiger partial charge in [0, 0.05) is 7.05 Å². The number of hydrogen-bond donors (Lipinski definition) is 0. The molecule has 0 aromatic heterocycles. The number of nitriles is 1. The SMILES string of the molecule is CCC1N(C#N)C=NN1C. The lowest BCUT2D eigenvalue weighted by Gasteiger charge is -2.20. The molecule has 0 amide bonds. The second-order valence-corrected chi connectivity index (χ2v) is 2.20. The molecule has 1 aliphatic rings. The molecule has 0 aromatic carbocycles. The van der Waals surface area contributed by atoms with E-state index in [0.717, 1.165) is 6.42 Å². The van der Waals surface area contributed by atoms with Crippen molar-refractivity contribution in [1.29, 1.82) is 5.26 Å². The number of rotatable bonds is 1. The fraction of sp³-hybridized carbons (Fsp3) is 0.667. The molecule has 0 spiro atoms. The van der Waals surface area contributed by atoms with Gasteiger partial charge in [0.05, 0.1) is 0 Å². The maximum absolute atomic E-state index is 8.54. The van der Waals surface area contributed by atoms with Gasteiger partial charge in [0.2, 0.25) is 0 Å². The van der Waals surface area contributed by atoms with Crippen molar-refractivity contribution >= 4 is 6.34 Å². The molecule has 4 heteroatoms. The first kappa shape index (κ1) is 6.87. The lowest BCUT2D eigenvalue weighted by Crippen LogP contribution is -2.33. The molecule has 4 nitrogen and oxygen atoms in total. The highest BCUT2D eigenvalue weighted by molar-refractivity contribution is 5.59. The molecule has 1 atom stereocenters. The first-order valence-corrected chi connectivity index (χ1v) is 3.24. The smallest absolute Gasteiger partial charge is 0.187 e. The summed E-state index contributed by atoms with van der Waals surface area (Å²) in [5.41, 5.74) is 0. The van der Waals surface area contributed by atoms with Crippen molar-refractivity contribution in [3.63, 3.8) is 0 Å². The second-order valence-electron chi connectivity index (χ2n) is 2.20. The first-order chi connectivity index (χ1) is 4.79. The number of hydrogen-bond acceptors (Lipinski definition) is 4. The van der Waals surface area contributed by atoms with E-state index in [1.807, 2.05) is 20.2 Å². The van der Waals surface area contributed by atoms with Crippen molar-refractivity contribution < 1.29 is 0 Å². The fourth-order valence-corrected chi connectivity index (χ4v) is 1.02. The zero-order chi connectivity index (χ0) is 7.56. The summed E-state index contributed by atoms with van der Waals surface area (Å²) in [6.07, 6.45) is 4.62. The molecule has 1 unspecified atom stereocenters. The van der Waals surface area contributed by atoms with Crippen LogP contribution in [0.3, 0.4) is 0 Å². The Balaban J connectivity index is 2.64. The van der Waals surface area contributed by atoms with Crippen molar-refractivity contribution in [2.24, 2.45) is 5.10 Å². The van der Waals surface area contributed by atoms with Gasteiger partial charge in [-0.15, -0.1) is 0 Å². The van der Waals surface area contributed by atoms with Crippen LogP contribution in [-0.4, -0.2) is 29.5 Å². The zero-order valence-corrected chi connectivity index (χ0v) is 6.15. The molecule has 1 rings (SSSR count). The number of hydrazone groups is 1. The Morgan fingerprint density at radius 3 is 2.90 bits per heavy atom. The van der Waals surface area contributed by atoms with Crippen molar-refractivity contribution in [3.05, 3.63) is 0 Å². The molecule has 54 valence electrons. The molecule has 0 aromatic rings. The highest BCUT2D eigenvalue weighted by Crippen LogP contribution is 2.11. The van der Waals surface area contributed by atoms with E-state index in [2.05, 4.69) is 5.10 Å². The molecule has 1 aliphatic heterocycles. The lowest BCUT2D eigenvalue weighted by atomic mass is 10.3. The molecular formula is C6H10N4. The van der Waals surface area contributed by atoms with Crippen molar-refractivity contribution in [3.8, 4) is 6.19 Å². The Kier molecular flexibility index (Phi) is 1.76. The van der Waals surface area contributed by atoms with E-state index in [4.69, 9.17) is 5.26 Å². The van der Waals surface area contributed by atoms with Gasteiger partial charge >= 0.3 is 0 Å². The van der Waals surface area contributed by atoms with Gasteiger partial charge in [-0.3, -0.25) is 5.01 Å². The topological polar surface area (TPSA) is 42.6 Å². The van der Waals surface area contributed by atoms with Crippen LogP contribution in [0.2, 0.25) is 0 Å². The number of nitrogens with zero attached hydrogens (tertiary/aromatic N) is 4. The summed E-state index contributed by atoms with van der Waals surface area (Å²) in [5.74, 6) is 0. The van der Waals surface area contributed by atoms with Crippen LogP contribution in [0.25, 0.3) is 0 Å². The summed E-state index contributed by atoms with van der Waals surface area (Å²) in [5, 5.41) is 14.3. The quantitative estimate of drug-likeness (QED) is 0.492. The summed E-state index contributed by atoms with van der Waals surface area (Å²) in [7, 11) is 1.86. The normalized spacial score (nSPS) is 23.5. The van der Waals surface area contributed by atoms with E-state index >= 15 is 0 Å². The van der Waals surface area contributed by atoms with E-state index in [-0.39, 0.29) is 6.17 Å². The lowest BCUT2D eigenvalue weighted by molar-refractivity contribution is 0.194. The van der Waals surface area contributed by atoms with Crippen LogP contribution in [0.1, 0.15) is 13.3 Å². The van der Waals surface area contributed by atoms with Gasteiger partial charge in [-0.2, -0.15) is 10.4 Å². The molecule has 0 N–H and O–H groups in total. The standard InChI is InChI=1S/C6H10N4/c1-3-6-9(2)8-5-10(6)4-7/h5-6H,3H2,1-2H3. The van der Waals surface area contributed by atoms with E-state index in [9.17, 15) is 0 Å². The third-order valence-electron chi connectivity index (χ3n) is 1.59. The summed E-state index contributed by atoms with van der Waals surface area (Å²) in [6.45, 7) is 2.03. The fourth-order valence-electron chi connectivity index (χ4n) is 1.02. The molecule has 0 saturated heterocycles. The molecule has 1 heterocycles. The minimum atomic E-state index is 0.130. The molecule has 0 radical (unpaired) electrons. The van der Waals surface area contributed by atoms with Gasteiger partial charge in [-0.1, -0.05) is 6.92 Å². The largest absolute Gasteiger partial charge is 0.275 e. The minimum Gasteiger partial charge on any atom is -0.275 e. The van der Waals surface area contributed by atoms with Crippen molar-refractivity contribution in [2.75, 3.05) is 7.05 Å². The van der Waals surface area contributed by atoms with Gasteiger partial charge in [0.15, 0.2) is 6.19 Å². The van der Waals surface area contributed by atoms with Crippen LogP contribution in [-0.2, 0) is 0 Å². The molecule has 0 bridgehead atoms. The van der Waals surface area contributed by atoms with E-state index in [1.165, 1.54) is 0 Å². The molecule has 0 aliphatic carbocycles. The Hall–Kier alpha value is -1.24. The third-order valence-corrected chi connectivity index (χ3v) is 1.59. The van der Waals surface area contributed by atoms with Crippen LogP contribution in [0.4, 0.5) is 0 Å². The van der Waals surface area contributed by atoms with Crippen LogP contribution < -0.4 is 0 Å². The van der Waals surface area contributed by atoms with Gasteiger partial charge < -0.3 is 0 Å². The predicted molar refractivity (Wildman–Crippen MR) is 37.8 cm³/mol. The maximum Gasteiger partial charge on any atom is 0.187 e. The van der Waals surface area contributed by atoms with Crippen LogP contribution >= 0.6 is 0 Å². The average Bonchev–Trinajstić information content (AvgIpc) is 2.30. The van der Waals surface area contributed by atoms with Gasteiger partial charge in [-0.25, -0.2) is 4.90 Å². The van der Waals surface area contributed by atoms with Crippen LogP contribution in [0, 0.1) is 11.5 Å². The highest BCUT2D eigenvalue weighted by Gasteiger charge is 2.22. The van der Waals surface area contributed by atoms with Gasteiger partial charge in [-0.05, 0) is 6.42 Å². The van der Waals surface area contributed by atoms with Crippen molar-refractivity contribution in [2.45, 2.75) is 19.5 Å². The van der Waals surface area contributed by atoms with Gasteiger partial charge in [0.25, 0.3) is 0 Å². The molecule has 0 saturated carbocycles. The third kappa shape index (κ3) is 0.903. The second kappa shape index (κ2) is 2.56. The zero-order valence-electron chi connectivity index (χ0n) is 6.15. The molecular weight excluding hydrogens is 128 g/mol. The van der Waals surface area contributed by atoms with E-state index in [0.29, 0.717) is 0 Å². The van der Waals surface area contributed by atoms with E-state index in [1.54, 1.807) is 16.2 Å². The maximum atomic E-state index is 8.54. The summed E-state index contributed by atoms with van der Waals surface area (Å²) in [4.78, 5) is 1.54. The van der Waals surface area contributed by atoms with Crippen LogP contribution in [0.15, 0.2) is 5.10 Å². The van der Waals surface area contributed by atoms with E-state index < -0.39 is 0 Å². The molecule has 0 fully saturated rings. The summed E-state index contributed by atoms with van der Waals surface area (Å²) >= 11 is 0. The Labute approximate surface area is 60.3 Å². The van der Waals surface area contributed by atoms with Crippen molar-refractivity contribution in [1.82, 2.24) is 9.91 Å². The Bertz CT molecular complexity index is 181. The minimum absolute atomic E-state index is 0.130. The average molecular weight is 138 g/mol. The summed E-state index contributed by atoms with van der Waals surface area (Å²) < 4.78 is 0. The monoisotopic (exact) mass is 138 g/mol. The van der Waals surface area contributed by atoms with Crippen LogP contribution in [0.5, 0.6) is 0 Å². The Morgan fingerprint density at radius 1 is 1.80 bits per heavy atom. The molecule has 10 heavy (non-hydrogen) atoms. The highest BCUT2D eigenvalue weighted by atomic mass is 15.6.